The van der Waals surface area contributed by atoms with Crippen LogP contribution in [0, 0.1) is 0 Å². The van der Waals surface area contributed by atoms with Crippen LogP contribution in [0.2, 0.25) is 0 Å². The van der Waals surface area contributed by atoms with Gasteiger partial charge < -0.3 is 20.1 Å². The molecule has 1 aromatic heterocycles. The number of hydrogen-bond donors (Lipinski definition) is 2. The second-order valence-electron chi connectivity index (χ2n) is 3.91. The summed E-state index contributed by atoms with van der Waals surface area (Å²) in [5.41, 5.74) is 0. The monoisotopic (exact) mass is 238 g/mol. The van der Waals surface area contributed by atoms with Gasteiger partial charge in [0.05, 0.1) is 19.8 Å². The molecule has 0 saturated carbocycles. The van der Waals surface area contributed by atoms with Gasteiger partial charge in [0.15, 0.2) is 11.6 Å². The maximum Gasteiger partial charge on any atom is 0.204 e. The minimum Gasteiger partial charge on any atom is -0.490 e. The van der Waals surface area contributed by atoms with Crippen molar-refractivity contribution in [2.75, 3.05) is 38.0 Å². The van der Waals surface area contributed by atoms with Gasteiger partial charge in [0.25, 0.3) is 0 Å². The first-order chi connectivity index (χ1) is 8.35. The van der Waals surface area contributed by atoms with E-state index in [0.717, 1.165) is 19.4 Å². The van der Waals surface area contributed by atoms with E-state index in [4.69, 9.17) is 9.47 Å². The number of rotatable bonds is 4. The van der Waals surface area contributed by atoms with Crippen molar-refractivity contribution in [1.82, 2.24) is 9.97 Å². The molecule has 1 aliphatic rings. The molecule has 0 aromatic carbocycles. The van der Waals surface area contributed by atoms with Gasteiger partial charge in [0, 0.05) is 13.7 Å². The molecule has 0 spiro atoms. The zero-order chi connectivity index (χ0) is 12.1. The van der Waals surface area contributed by atoms with E-state index in [-0.39, 0.29) is 6.04 Å². The van der Waals surface area contributed by atoms with E-state index in [0.29, 0.717) is 24.0 Å². The average Bonchev–Trinajstić information content (AvgIpc) is 2.39. The van der Waals surface area contributed by atoms with E-state index in [1.807, 2.05) is 0 Å². The standard InChI is InChI=1S/C11H18N4O2/c1-12-10-9(16-2)11(14-7-13-10)15-8-4-3-5-17-6-8/h7-8H,3-6H2,1-2H3,(H2,12,13,14,15). The second kappa shape index (κ2) is 5.67. The molecule has 0 amide bonds. The number of aromatic nitrogens is 2. The molecule has 1 aliphatic heterocycles. The predicted octanol–water partition coefficient (Wildman–Crippen LogP) is 1.12. The highest BCUT2D eigenvalue weighted by Crippen LogP contribution is 2.29. The Labute approximate surface area is 101 Å². The molecule has 2 heterocycles. The van der Waals surface area contributed by atoms with Crippen LogP contribution in [0.4, 0.5) is 11.6 Å². The lowest BCUT2D eigenvalue weighted by Crippen LogP contribution is -2.30. The summed E-state index contributed by atoms with van der Waals surface area (Å²) in [7, 11) is 3.42. The molecule has 1 unspecified atom stereocenters. The zero-order valence-corrected chi connectivity index (χ0v) is 10.2. The Morgan fingerprint density at radius 2 is 2.24 bits per heavy atom. The van der Waals surface area contributed by atoms with E-state index in [1.54, 1.807) is 14.2 Å². The summed E-state index contributed by atoms with van der Waals surface area (Å²) in [6.45, 7) is 1.56. The summed E-state index contributed by atoms with van der Waals surface area (Å²) >= 11 is 0. The SMILES string of the molecule is CNc1ncnc(NC2CCCOC2)c1OC. The van der Waals surface area contributed by atoms with E-state index >= 15 is 0 Å². The fourth-order valence-corrected chi connectivity index (χ4v) is 1.90. The predicted molar refractivity (Wildman–Crippen MR) is 65.6 cm³/mol. The number of nitrogens with one attached hydrogen (secondary N) is 2. The molecule has 94 valence electrons. The molecule has 1 fully saturated rings. The number of anilines is 2. The van der Waals surface area contributed by atoms with Gasteiger partial charge >= 0.3 is 0 Å². The maximum atomic E-state index is 5.42. The summed E-state index contributed by atoms with van der Waals surface area (Å²) in [5.74, 6) is 2.03. The Kier molecular flexibility index (Phi) is 3.98. The van der Waals surface area contributed by atoms with Gasteiger partial charge in [0.1, 0.15) is 6.33 Å². The molecular formula is C11H18N4O2. The highest BCUT2D eigenvalue weighted by Gasteiger charge is 2.18. The molecule has 2 N–H and O–H groups in total. The molecule has 6 heteroatoms. The Hall–Kier alpha value is -1.56. The van der Waals surface area contributed by atoms with Gasteiger partial charge in [0.2, 0.25) is 5.75 Å². The Balaban J connectivity index is 2.13. The molecule has 17 heavy (non-hydrogen) atoms. The molecule has 1 atom stereocenters. The van der Waals surface area contributed by atoms with Crippen molar-refractivity contribution in [2.45, 2.75) is 18.9 Å². The van der Waals surface area contributed by atoms with Crippen molar-refractivity contribution in [2.24, 2.45) is 0 Å². The van der Waals surface area contributed by atoms with Gasteiger partial charge in [-0.25, -0.2) is 9.97 Å². The van der Waals surface area contributed by atoms with E-state index in [1.165, 1.54) is 6.33 Å². The average molecular weight is 238 g/mol. The highest BCUT2D eigenvalue weighted by molar-refractivity contribution is 5.63. The minimum atomic E-state index is 0.289. The number of ether oxygens (including phenoxy) is 2. The molecule has 6 nitrogen and oxygen atoms in total. The van der Waals surface area contributed by atoms with Crippen molar-refractivity contribution < 1.29 is 9.47 Å². The largest absolute Gasteiger partial charge is 0.490 e. The summed E-state index contributed by atoms with van der Waals surface area (Å²) < 4.78 is 10.7. The summed E-state index contributed by atoms with van der Waals surface area (Å²) in [6.07, 6.45) is 3.67. The van der Waals surface area contributed by atoms with Crippen molar-refractivity contribution >= 4 is 11.6 Å². The fourth-order valence-electron chi connectivity index (χ4n) is 1.90. The van der Waals surface area contributed by atoms with E-state index in [2.05, 4.69) is 20.6 Å². The van der Waals surface area contributed by atoms with Gasteiger partial charge in [-0.2, -0.15) is 0 Å². The minimum absolute atomic E-state index is 0.289. The van der Waals surface area contributed by atoms with Crippen LogP contribution in [0.1, 0.15) is 12.8 Å². The van der Waals surface area contributed by atoms with Gasteiger partial charge in [-0.1, -0.05) is 0 Å². The number of methoxy groups -OCH3 is 1. The van der Waals surface area contributed by atoms with Crippen LogP contribution in [0.5, 0.6) is 5.75 Å². The quantitative estimate of drug-likeness (QED) is 0.819. The molecular weight excluding hydrogens is 220 g/mol. The van der Waals surface area contributed by atoms with Gasteiger partial charge in [-0.3, -0.25) is 0 Å². The van der Waals surface area contributed by atoms with Crippen molar-refractivity contribution in [3.05, 3.63) is 6.33 Å². The molecule has 2 rings (SSSR count). The van der Waals surface area contributed by atoms with Crippen molar-refractivity contribution in [1.29, 1.82) is 0 Å². The molecule has 0 bridgehead atoms. The fraction of sp³-hybridized carbons (Fsp3) is 0.636. The number of hydrogen-bond acceptors (Lipinski definition) is 6. The Morgan fingerprint density at radius 3 is 2.88 bits per heavy atom. The normalized spacial score (nSPS) is 19.8. The van der Waals surface area contributed by atoms with Crippen LogP contribution in [0.15, 0.2) is 6.33 Å². The first-order valence-electron chi connectivity index (χ1n) is 5.76. The van der Waals surface area contributed by atoms with Gasteiger partial charge in [-0.05, 0) is 12.8 Å². The summed E-state index contributed by atoms with van der Waals surface area (Å²) in [4.78, 5) is 8.31. The lowest BCUT2D eigenvalue weighted by atomic mass is 10.1. The third-order valence-corrected chi connectivity index (χ3v) is 2.75. The van der Waals surface area contributed by atoms with Crippen LogP contribution >= 0.6 is 0 Å². The molecule has 1 saturated heterocycles. The topological polar surface area (TPSA) is 68.3 Å². The maximum absolute atomic E-state index is 5.42. The van der Waals surface area contributed by atoms with Gasteiger partial charge in [-0.15, -0.1) is 0 Å². The van der Waals surface area contributed by atoms with Crippen LogP contribution in [0.25, 0.3) is 0 Å². The third kappa shape index (κ3) is 2.76. The van der Waals surface area contributed by atoms with Crippen LogP contribution in [-0.4, -0.2) is 43.4 Å². The molecule has 0 aliphatic carbocycles. The van der Waals surface area contributed by atoms with Crippen LogP contribution in [0.3, 0.4) is 0 Å². The highest BCUT2D eigenvalue weighted by atomic mass is 16.5. The smallest absolute Gasteiger partial charge is 0.204 e. The van der Waals surface area contributed by atoms with Crippen molar-refractivity contribution in [3.8, 4) is 5.75 Å². The first kappa shape index (κ1) is 11.9. The van der Waals surface area contributed by atoms with Crippen molar-refractivity contribution in [3.63, 3.8) is 0 Å². The Morgan fingerprint density at radius 1 is 1.41 bits per heavy atom. The Bertz CT molecular complexity index is 366. The second-order valence-corrected chi connectivity index (χ2v) is 3.91. The van der Waals surface area contributed by atoms with E-state index < -0.39 is 0 Å². The summed E-state index contributed by atoms with van der Waals surface area (Å²) in [6, 6.07) is 0.289. The summed E-state index contributed by atoms with van der Waals surface area (Å²) in [5, 5.41) is 6.31. The lowest BCUT2D eigenvalue weighted by molar-refractivity contribution is 0.0874. The molecule has 0 radical (unpaired) electrons. The molecule has 1 aromatic rings. The van der Waals surface area contributed by atoms with E-state index in [9.17, 15) is 0 Å². The van der Waals surface area contributed by atoms with Crippen LogP contribution < -0.4 is 15.4 Å². The third-order valence-electron chi connectivity index (χ3n) is 2.75. The van der Waals surface area contributed by atoms with Crippen LogP contribution in [-0.2, 0) is 4.74 Å². The first-order valence-corrected chi connectivity index (χ1v) is 5.76. The lowest BCUT2D eigenvalue weighted by Gasteiger charge is -2.24. The number of nitrogens with zero attached hydrogens (tertiary/aromatic N) is 2. The zero-order valence-electron chi connectivity index (χ0n) is 10.2.